The molecule has 0 spiro atoms. The summed E-state index contributed by atoms with van der Waals surface area (Å²) in [7, 11) is 0. The number of hydrogen-bond donors (Lipinski definition) is 0. The van der Waals surface area contributed by atoms with Gasteiger partial charge in [-0.1, -0.05) is 120 Å². The summed E-state index contributed by atoms with van der Waals surface area (Å²) >= 11 is 0. The Morgan fingerprint density at radius 1 is 0.472 bits per heavy atom. The van der Waals surface area contributed by atoms with Crippen LogP contribution in [-0.4, -0.2) is 26.4 Å². The standard InChI is InChI=1S/C10H20.C9H18.C8H16O.C7H14O/c1-9(2)8-10-6-4-3-5-7-10;1-8(2)9-6-4-3-5-7-9;1-7(2)5-8-3-4-9-6-8;1-6(2)7-3-4-8-5-7/h9-10H,3-8H2,1-2H3;8-9H,3-7H2,1-2H3;7-8H,3-6H2,1-2H3;6-7H,3-5H2,1-2H3. The smallest absolute Gasteiger partial charge is 0.0497 e. The van der Waals surface area contributed by atoms with Crippen molar-refractivity contribution >= 4 is 0 Å². The van der Waals surface area contributed by atoms with E-state index in [-0.39, 0.29) is 0 Å². The van der Waals surface area contributed by atoms with Crippen molar-refractivity contribution in [2.75, 3.05) is 26.4 Å². The van der Waals surface area contributed by atoms with Crippen molar-refractivity contribution in [2.24, 2.45) is 47.3 Å². The van der Waals surface area contributed by atoms with Crippen molar-refractivity contribution in [1.82, 2.24) is 0 Å². The Morgan fingerprint density at radius 2 is 0.944 bits per heavy atom. The van der Waals surface area contributed by atoms with Gasteiger partial charge in [0.1, 0.15) is 0 Å². The van der Waals surface area contributed by atoms with Crippen molar-refractivity contribution < 1.29 is 9.47 Å². The van der Waals surface area contributed by atoms with E-state index in [2.05, 4.69) is 55.4 Å². The third-order valence-electron chi connectivity index (χ3n) is 8.86. The van der Waals surface area contributed by atoms with Gasteiger partial charge >= 0.3 is 0 Å². The second-order valence-electron chi connectivity index (χ2n) is 14.0. The van der Waals surface area contributed by atoms with Gasteiger partial charge in [-0.05, 0) is 73.0 Å². The number of ether oxygens (including phenoxy) is 2. The normalized spacial score (nSPS) is 25.3. The lowest BCUT2D eigenvalue weighted by Crippen LogP contribution is -2.12. The summed E-state index contributed by atoms with van der Waals surface area (Å²) in [6.07, 6.45) is 20.4. The van der Waals surface area contributed by atoms with Gasteiger partial charge in [0.05, 0.1) is 0 Å². The summed E-state index contributed by atoms with van der Waals surface area (Å²) < 4.78 is 10.5. The van der Waals surface area contributed by atoms with Crippen molar-refractivity contribution in [3.8, 4) is 0 Å². The van der Waals surface area contributed by atoms with Crippen molar-refractivity contribution in [2.45, 2.75) is 145 Å². The van der Waals surface area contributed by atoms with Crippen molar-refractivity contribution in [3.63, 3.8) is 0 Å². The molecule has 0 aromatic carbocycles. The van der Waals surface area contributed by atoms with Gasteiger partial charge < -0.3 is 9.47 Å². The molecule has 2 heteroatoms. The van der Waals surface area contributed by atoms with Gasteiger partial charge in [-0.3, -0.25) is 0 Å². The van der Waals surface area contributed by atoms with Gasteiger partial charge in [0.25, 0.3) is 0 Å². The molecule has 216 valence electrons. The Labute approximate surface area is 228 Å². The van der Waals surface area contributed by atoms with Gasteiger partial charge in [-0.2, -0.15) is 0 Å². The van der Waals surface area contributed by atoms with Gasteiger partial charge in [-0.15, -0.1) is 0 Å². The van der Waals surface area contributed by atoms with Crippen LogP contribution in [0, 0.1) is 47.3 Å². The fourth-order valence-electron chi connectivity index (χ4n) is 6.40. The first-order chi connectivity index (χ1) is 17.2. The largest absolute Gasteiger partial charge is 0.381 e. The summed E-state index contributed by atoms with van der Waals surface area (Å²) in [6, 6.07) is 0. The molecule has 2 saturated heterocycles. The highest BCUT2D eigenvalue weighted by Gasteiger charge is 2.18. The van der Waals surface area contributed by atoms with Crippen LogP contribution in [0.5, 0.6) is 0 Å². The van der Waals surface area contributed by atoms with E-state index >= 15 is 0 Å². The van der Waals surface area contributed by atoms with Gasteiger partial charge in [0, 0.05) is 26.4 Å². The molecule has 2 heterocycles. The predicted octanol–water partition coefficient (Wildman–Crippen LogP) is 10.6. The van der Waals surface area contributed by atoms with Crippen molar-refractivity contribution in [3.05, 3.63) is 0 Å². The molecule has 0 radical (unpaired) electrons. The summed E-state index contributed by atoms with van der Waals surface area (Å²) in [4.78, 5) is 0. The molecule has 36 heavy (non-hydrogen) atoms. The maximum atomic E-state index is 5.26. The van der Waals surface area contributed by atoms with Gasteiger partial charge in [-0.25, -0.2) is 0 Å². The molecule has 0 aromatic heterocycles. The molecule has 2 atom stereocenters. The molecule has 0 amide bonds. The molecule has 2 saturated carbocycles. The van der Waals surface area contributed by atoms with Crippen LogP contribution >= 0.6 is 0 Å². The Morgan fingerprint density at radius 3 is 1.31 bits per heavy atom. The molecular formula is C34H68O2. The minimum Gasteiger partial charge on any atom is -0.381 e. The average Bonchev–Trinajstić information content (AvgIpc) is 3.56. The summed E-state index contributed by atoms with van der Waals surface area (Å²) in [5, 5.41) is 0. The maximum Gasteiger partial charge on any atom is 0.0497 e. The molecule has 2 unspecified atom stereocenters. The van der Waals surface area contributed by atoms with E-state index in [0.717, 1.165) is 73.8 Å². The first-order valence-corrected chi connectivity index (χ1v) is 16.3. The lowest BCUT2D eigenvalue weighted by Gasteiger charge is -2.24. The highest BCUT2D eigenvalue weighted by molar-refractivity contribution is 4.69. The molecule has 4 rings (SSSR count). The highest BCUT2D eigenvalue weighted by Crippen LogP contribution is 2.29. The lowest BCUT2D eigenvalue weighted by atomic mass is 9.82. The van der Waals surface area contributed by atoms with E-state index in [0.29, 0.717) is 0 Å². The van der Waals surface area contributed by atoms with Crippen molar-refractivity contribution in [1.29, 1.82) is 0 Å². The quantitative estimate of drug-likeness (QED) is 0.355. The minimum atomic E-state index is 0.817. The first-order valence-electron chi connectivity index (χ1n) is 16.3. The monoisotopic (exact) mass is 509 g/mol. The Balaban J connectivity index is 0.000000241. The molecule has 2 aliphatic carbocycles. The zero-order valence-corrected chi connectivity index (χ0v) is 26.2. The number of hydrogen-bond acceptors (Lipinski definition) is 2. The molecule has 4 aliphatic rings. The predicted molar refractivity (Wildman–Crippen MR) is 160 cm³/mol. The van der Waals surface area contributed by atoms with Crippen LogP contribution in [0.25, 0.3) is 0 Å². The van der Waals surface area contributed by atoms with E-state index in [4.69, 9.17) is 9.47 Å². The minimum absolute atomic E-state index is 0.817. The van der Waals surface area contributed by atoms with Crippen LogP contribution in [-0.2, 0) is 9.47 Å². The molecule has 2 aliphatic heterocycles. The Hall–Kier alpha value is -0.0800. The van der Waals surface area contributed by atoms with E-state index < -0.39 is 0 Å². The van der Waals surface area contributed by atoms with Crippen LogP contribution in [0.4, 0.5) is 0 Å². The zero-order chi connectivity index (χ0) is 26.8. The van der Waals surface area contributed by atoms with Crippen LogP contribution < -0.4 is 0 Å². The summed E-state index contributed by atoms with van der Waals surface area (Å²) in [5.74, 6) is 7.36. The molecule has 2 nitrogen and oxygen atoms in total. The average molecular weight is 509 g/mol. The highest BCUT2D eigenvalue weighted by atomic mass is 16.5. The Bertz CT molecular complexity index is 460. The fourth-order valence-corrected chi connectivity index (χ4v) is 6.40. The van der Waals surface area contributed by atoms with E-state index in [1.54, 1.807) is 0 Å². The second-order valence-corrected chi connectivity index (χ2v) is 14.0. The summed E-state index contributed by atoms with van der Waals surface area (Å²) in [6.45, 7) is 22.5. The first kappa shape index (κ1) is 33.9. The lowest BCUT2D eigenvalue weighted by molar-refractivity contribution is 0.176. The zero-order valence-electron chi connectivity index (χ0n) is 26.2. The summed E-state index contributed by atoms with van der Waals surface area (Å²) in [5.41, 5.74) is 0. The molecule has 0 N–H and O–H groups in total. The van der Waals surface area contributed by atoms with Gasteiger partial charge in [0.15, 0.2) is 0 Å². The molecule has 0 bridgehead atoms. The molecule has 0 aromatic rings. The van der Waals surface area contributed by atoms with Crippen LogP contribution in [0.15, 0.2) is 0 Å². The van der Waals surface area contributed by atoms with Crippen LogP contribution in [0.3, 0.4) is 0 Å². The van der Waals surface area contributed by atoms with Crippen LogP contribution in [0.1, 0.15) is 145 Å². The van der Waals surface area contributed by atoms with Gasteiger partial charge in [0.2, 0.25) is 0 Å². The second kappa shape index (κ2) is 20.8. The van der Waals surface area contributed by atoms with E-state index in [1.165, 1.54) is 89.9 Å². The molecule has 4 fully saturated rings. The van der Waals surface area contributed by atoms with E-state index in [1.807, 2.05) is 0 Å². The third kappa shape index (κ3) is 17.4. The SMILES string of the molecule is CC(C)C1CCCCC1.CC(C)C1CCOC1.CC(C)CC1CCCCC1.CC(C)CC1CCOC1. The van der Waals surface area contributed by atoms with E-state index in [9.17, 15) is 0 Å². The topological polar surface area (TPSA) is 18.5 Å². The van der Waals surface area contributed by atoms with Crippen LogP contribution in [0.2, 0.25) is 0 Å². The fraction of sp³-hybridized carbons (Fsp3) is 1.00. The Kier molecular flexibility index (Phi) is 19.6. The molecular weight excluding hydrogens is 440 g/mol. The third-order valence-corrected chi connectivity index (χ3v) is 8.86. The number of rotatable bonds is 6. The maximum absolute atomic E-state index is 5.26.